The van der Waals surface area contributed by atoms with E-state index < -0.39 is 0 Å². The number of amides is 1. The number of nitrogens with zero attached hydrogens (tertiary/aromatic N) is 4. The highest BCUT2D eigenvalue weighted by atomic mass is 32.1. The number of fused-ring (bicyclic) bond motifs is 2. The van der Waals surface area contributed by atoms with Gasteiger partial charge >= 0.3 is 0 Å². The van der Waals surface area contributed by atoms with Gasteiger partial charge < -0.3 is 5.32 Å². The van der Waals surface area contributed by atoms with E-state index in [9.17, 15) is 9.59 Å². The Kier molecular flexibility index (Phi) is 4.69. The van der Waals surface area contributed by atoms with Crippen LogP contribution in [0.25, 0.3) is 10.2 Å². The van der Waals surface area contributed by atoms with E-state index in [1.165, 1.54) is 11.3 Å². The first-order valence-electron chi connectivity index (χ1n) is 10.3. The zero-order valence-electron chi connectivity index (χ0n) is 18.7. The molecular formula is C22H29N5O2S. The van der Waals surface area contributed by atoms with Crippen LogP contribution in [0.1, 0.15) is 74.7 Å². The van der Waals surface area contributed by atoms with Gasteiger partial charge in [-0.1, -0.05) is 20.8 Å². The van der Waals surface area contributed by atoms with Crippen molar-refractivity contribution in [2.75, 3.05) is 5.32 Å². The van der Waals surface area contributed by atoms with Crippen LogP contribution in [0.2, 0.25) is 0 Å². The molecule has 8 heteroatoms. The number of aryl methyl sites for hydroxylation is 2. The van der Waals surface area contributed by atoms with E-state index in [1.54, 1.807) is 4.57 Å². The van der Waals surface area contributed by atoms with Crippen molar-refractivity contribution in [3.63, 3.8) is 0 Å². The average molecular weight is 428 g/mol. The van der Waals surface area contributed by atoms with Gasteiger partial charge in [0.15, 0.2) is 0 Å². The maximum atomic E-state index is 13.2. The molecular weight excluding hydrogens is 398 g/mol. The Balaban J connectivity index is 1.76. The summed E-state index contributed by atoms with van der Waals surface area (Å²) in [5.41, 5.74) is 1.16. The Morgan fingerprint density at radius 2 is 1.90 bits per heavy atom. The number of hydrogen-bond donors (Lipinski definition) is 1. The minimum atomic E-state index is -0.289. The average Bonchev–Trinajstić information content (AvgIpc) is 3.31. The van der Waals surface area contributed by atoms with Crippen molar-refractivity contribution < 1.29 is 4.79 Å². The van der Waals surface area contributed by atoms with E-state index in [-0.39, 0.29) is 22.4 Å². The van der Waals surface area contributed by atoms with Gasteiger partial charge in [0.05, 0.1) is 21.5 Å². The number of carbonyl (C=O) groups excluding carboxylic acids is 1. The van der Waals surface area contributed by atoms with E-state index in [0.29, 0.717) is 33.0 Å². The normalized spacial score (nSPS) is 14.4. The molecule has 1 amide bonds. The van der Waals surface area contributed by atoms with Gasteiger partial charge in [0, 0.05) is 24.4 Å². The van der Waals surface area contributed by atoms with Crippen LogP contribution in [0.3, 0.4) is 0 Å². The van der Waals surface area contributed by atoms with Crippen molar-refractivity contribution >= 4 is 33.3 Å². The predicted molar refractivity (Wildman–Crippen MR) is 121 cm³/mol. The van der Waals surface area contributed by atoms with Crippen LogP contribution in [0, 0.1) is 6.92 Å². The van der Waals surface area contributed by atoms with Gasteiger partial charge in [0.25, 0.3) is 11.5 Å². The number of hydrogen-bond acceptors (Lipinski definition) is 5. The number of carbonyl (C=O) groups is 1. The molecule has 0 aliphatic carbocycles. The first kappa shape index (κ1) is 20.8. The van der Waals surface area contributed by atoms with E-state index in [1.807, 2.05) is 17.7 Å². The third-order valence-electron chi connectivity index (χ3n) is 5.47. The van der Waals surface area contributed by atoms with E-state index >= 15 is 0 Å². The van der Waals surface area contributed by atoms with E-state index in [0.717, 1.165) is 24.4 Å². The number of anilines is 1. The molecule has 0 unspecified atom stereocenters. The molecule has 0 atom stereocenters. The smallest absolute Gasteiger partial charge is 0.267 e. The molecule has 1 aliphatic rings. The molecule has 3 aromatic heterocycles. The monoisotopic (exact) mass is 427 g/mol. The van der Waals surface area contributed by atoms with Gasteiger partial charge in [-0.25, -0.2) is 9.67 Å². The third-order valence-corrected chi connectivity index (χ3v) is 6.66. The topological polar surface area (TPSA) is 81.8 Å². The molecule has 0 spiro atoms. The van der Waals surface area contributed by atoms with Crippen LogP contribution in [0.4, 0.5) is 5.82 Å². The quantitative estimate of drug-likeness (QED) is 0.664. The molecule has 0 fully saturated rings. The van der Waals surface area contributed by atoms with Crippen molar-refractivity contribution in [3.05, 3.63) is 38.4 Å². The number of nitrogens with one attached hydrogen (secondary N) is 1. The third kappa shape index (κ3) is 3.37. The summed E-state index contributed by atoms with van der Waals surface area (Å²) in [7, 11) is 0. The molecule has 1 aliphatic heterocycles. The fourth-order valence-corrected chi connectivity index (χ4v) is 4.90. The summed E-state index contributed by atoms with van der Waals surface area (Å²) < 4.78 is 3.60. The number of rotatable bonds is 2. The molecule has 1 N–H and O–H groups in total. The summed E-state index contributed by atoms with van der Waals surface area (Å²) in [6.07, 6.45) is 1.75. The molecule has 30 heavy (non-hydrogen) atoms. The molecule has 160 valence electrons. The van der Waals surface area contributed by atoms with Crippen LogP contribution in [0.5, 0.6) is 0 Å². The van der Waals surface area contributed by atoms with Crippen molar-refractivity contribution in [2.45, 2.75) is 78.8 Å². The summed E-state index contributed by atoms with van der Waals surface area (Å²) in [4.78, 5) is 32.0. The zero-order valence-corrected chi connectivity index (χ0v) is 19.5. The second kappa shape index (κ2) is 6.77. The van der Waals surface area contributed by atoms with Gasteiger partial charge in [-0.05, 0) is 39.7 Å². The summed E-state index contributed by atoms with van der Waals surface area (Å²) in [5, 5.41) is 8.37. The summed E-state index contributed by atoms with van der Waals surface area (Å²) >= 11 is 1.29. The lowest BCUT2D eigenvalue weighted by atomic mass is 9.92. The van der Waals surface area contributed by atoms with Gasteiger partial charge in [0.2, 0.25) is 0 Å². The second-order valence-electron chi connectivity index (χ2n) is 10.0. The molecule has 3 aromatic rings. The molecule has 4 rings (SSSR count). The van der Waals surface area contributed by atoms with Crippen molar-refractivity contribution in [3.8, 4) is 0 Å². The first-order valence-corrected chi connectivity index (χ1v) is 11.1. The molecule has 4 heterocycles. The highest BCUT2D eigenvalue weighted by Crippen LogP contribution is 2.31. The van der Waals surface area contributed by atoms with Crippen molar-refractivity contribution in [1.29, 1.82) is 0 Å². The minimum Gasteiger partial charge on any atom is -0.306 e. The standard InChI is InChI=1S/C22H29N5O2S/c1-12-16-19(24-14-9-8-10-26(14)20(16)29)30-17(12)18(28)23-15-11-13(21(2,3)4)25-27(15)22(5,6)7/h11H,8-10H2,1-7H3,(H,23,28). The highest BCUT2D eigenvalue weighted by molar-refractivity contribution is 7.20. The van der Waals surface area contributed by atoms with Crippen molar-refractivity contribution in [1.82, 2.24) is 19.3 Å². The summed E-state index contributed by atoms with van der Waals surface area (Å²) in [5.74, 6) is 1.24. The van der Waals surface area contributed by atoms with Crippen LogP contribution in [0.15, 0.2) is 10.9 Å². The zero-order chi connectivity index (χ0) is 22.0. The maximum absolute atomic E-state index is 13.2. The largest absolute Gasteiger partial charge is 0.306 e. The Hall–Kier alpha value is -2.48. The maximum Gasteiger partial charge on any atom is 0.267 e. The van der Waals surface area contributed by atoms with Crippen LogP contribution in [-0.2, 0) is 23.9 Å². The predicted octanol–water partition coefficient (Wildman–Crippen LogP) is 4.21. The fourth-order valence-electron chi connectivity index (χ4n) is 3.81. The van der Waals surface area contributed by atoms with E-state index in [2.05, 4.69) is 51.8 Å². The molecule has 0 bridgehead atoms. The Labute approximate surface area is 180 Å². The minimum absolute atomic E-state index is 0.0324. The number of aromatic nitrogens is 4. The molecule has 7 nitrogen and oxygen atoms in total. The molecule has 0 saturated heterocycles. The number of thiophene rings is 1. The summed E-state index contributed by atoms with van der Waals surface area (Å²) in [6.45, 7) is 15.0. The first-order chi connectivity index (χ1) is 13.9. The molecule has 0 aromatic carbocycles. The Morgan fingerprint density at radius 3 is 2.53 bits per heavy atom. The van der Waals surface area contributed by atoms with Gasteiger partial charge in [-0.15, -0.1) is 11.3 Å². The van der Waals surface area contributed by atoms with Crippen LogP contribution in [-0.4, -0.2) is 25.2 Å². The summed E-state index contributed by atoms with van der Waals surface area (Å²) in [6, 6.07) is 1.94. The van der Waals surface area contributed by atoms with Crippen LogP contribution >= 0.6 is 11.3 Å². The van der Waals surface area contributed by atoms with E-state index in [4.69, 9.17) is 5.10 Å². The highest BCUT2D eigenvalue weighted by Gasteiger charge is 2.28. The fraction of sp³-hybridized carbons (Fsp3) is 0.545. The Morgan fingerprint density at radius 1 is 1.20 bits per heavy atom. The van der Waals surface area contributed by atoms with Crippen molar-refractivity contribution in [2.24, 2.45) is 0 Å². The molecule has 0 radical (unpaired) electrons. The second-order valence-corrected chi connectivity index (χ2v) is 11.0. The van der Waals surface area contributed by atoms with Crippen LogP contribution < -0.4 is 10.9 Å². The van der Waals surface area contributed by atoms with Gasteiger partial charge in [0.1, 0.15) is 16.5 Å². The Bertz CT molecular complexity index is 1220. The lowest BCUT2D eigenvalue weighted by Crippen LogP contribution is -2.27. The lowest BCUT2D eigenvalue weighted by molar-refractivity contribution is 0.102. The lowest BCUT2D eigenvalue weighted by Gasteiger charge is -2.23. The van der Waals surface area contributed by atoms with Gasteiger partial charge in [-0.2, -0.15) is 5.10 Å². The molecule has 0 saturated carbocycles. The SMILES string of the molecule is Cc1c(C(=O)Nc2cc(C(C)(C)C)nn2C(C)(C)C)sc2nc3n(c(=O)c12)CCC3. The van der Waals surface area contributed by atoms with Gasteiger partial charge in [-0.3, -0.25) is 14.2 Å².